The van der Waals surface area contributed by atoms with Crippen LogP contribution in [-0.4, -0.2) is 10.2 Å². The Balaban J connectivity index is 1.97. The predicted molar refractivity (Wildman–Crippen MR) is 88.5 cm³/mol. The molecule has 1 heterocycles. The molecule has 0 atom stereocenters. The largest absolute Gasteiger partial charge is 0.270 e. The molecule has 2 aromatic carbocycles. The van der Waals surface area contributed by atoms with Crippen LogP contribution in [-0.2, 0) is 4.79 Å². The van der Waals surface area contributed by atoms with Crippen molar-refractivity contribution >= 4 is 46.0 Å². The van der Waals surface area contributed by atoms with Crippen LogP contribution in [0.5, 0.6) is 0 Å². The standard InChI is InChI=1S/C16H9F2NOS2/c17-11-6-7-13(18)10(8-11)9-14-15(20)19(16(21)22-14)12-4-2-1-3-5-12/h1-9H/b14-9-. The van der Waals surface area contributed by atoms with E-state index in [9.17, 15) is 13.6 Å². The van der Waals surface area contributed by atoms with Crippen LogP contribution >= 0.6 is 24.0 Å². The molecular formula is C16H9F2NOS2. The number of thiocarbonyl (C=S) groups is 1. The van der Waals surface area contributed by atoms with E-state index in [0.717, 1.165) is 30.0 Å². The average Bonchev–Trinajstić information content (AvgIpc) is 2.78. The summed E-state index contributed by atoms with van der Waals surface area (Å²) in [5, 5.41) is 0. The monoisotopic (exact) mass is 333 g/mol. The first-order valence-corrected chi connectivity index (χ1v) is 7.57. The number of carbonyl (C=O) groups is 1. The Morgan fingerprint density at radius 3 is 2.55 bits per heavy atom. The fraction of sp³-hybridized carbons (Fsp3) is 0. The Morgan fingerprint density at radius 1 is 1.09 bits per heavy atom. The van der Waals surface area contributed by atoms with E-state index < -0.39 is 11.6 Å². The summed E-state index contributed by atoms with van der Waals surface area (Å²) in [5.74, 6) is -1.50. The van der Waals surface area contributed by atoms with Crippen molar-refractivity contribution in [3.8, 4) is 0 Å². The van der Waals surface area contributed by atoms with E-state index in [4.69, 9.17) is 12.2 Å². The van der Waals surface area contributed by atoms with Crippen molar-refractivity contribution in [3.63, 3.8) is 0 Å². The second-order valence-electron chi connectivity index (χ2n) is 4.52. The zero-order chi connectivity index (χ0) is 15.7. The van der Waals surface area contributed by atoms with Crippen molar-refractivity contribution in [3.05, 3.63) is 70.6 Å². The molecule has 0 aromatic heterocycles. The van der Waals surface area contributed by atoms with Crippen LogP contribution in [0.2, 0.25) is 0 Å². The first kappa shape index (κ1) is 14.9. The number of halogens is 2. The third kappa shape index (κ3) is 2.80. The smallest absolute Gasteiger partial charge is 0.268 e. The minimum Gasteiger partial charge on any atom is -0.268 e. The lowest BCUT2D eigenvalue weighted by Gasteiger charge is -2.13. The molecule has 22 heavy (non-hydrogen) atoms. The molecule has 2 aromatic rings. The molecule has 0 unspecified atom stereocenters. The van der Waals surface area contributed by atoms with Crippen LogP contribution in [0.1, 0.15) is 5.56 Å². The molecule has 3 rings (SSSR count). The lowest BCUT2D eigenvalue weighted by Crippen LogP contribution is -2.27. The maximum absolute atomic E-state index is 13.7. The Bertz CT molecular complexity index is 790. The number of amides is 1. The number of thioether (sulfide) groups is 1. The Labute approximate surface area is 135 Å². The lowest BCUT2D eigenvalue weighted by molar-refractivity contribution is -0.113. The Kier molecular flexibility index (Phi) is 4.04. The second-order valence-corrected chi connectivity index (χ2v) is 6.19. The van der Waals surface area contributed by atoms with Crippen LogP contribution in [0.15, 0.2) is 53.4 Å². The first-order chi connectivity index (χ1) is 10.6. The van der Waals surface area contributed by atoms with Gasteiger partial charge in [-0.3, -0.25) is 9.69 Å². The molecule has 0 N–H and O–H groups in total. The molecule has 110 valence electrons. The highest BCUT2D eigenvalue weighted by Crippen LogP contribution is 2.36. The number of hydrogen-bond acceptors (Lipinski definition) is 3. The fourth-order valence-corrected chi connectivity index (χ4v) is 3.32. The van der Waals surface area contributed by atoms with E-state index in [0.29, 0.717) is 10.0 Å². The first-order valence-electron chi connectivity index (χ1n) is 6.34. The van der Waals surface area contributed by atoms with Gasteiger partial charge in [-0.25, -0.2) is 8.78 Å². The second kappa shape index (κ2) is 5.98. The van der Waals surface area contributed by atoms with Gasteiger partial charge in [0.15, 0.2) is 4.32 Å². The summed E-state index contributed by atoms with van der Waals surface area (Å²) >= 11 is 6.28. The highest BCUT2D eigenvalue weighted by molar-refractivity contribution is 8.27. The quantitative estimate of drug-likeness (QED) is 0.601. The highest BCUT2D eigenvalue weighted by Gasteiger charge is 2.33. The van der Waals surface area contributed by atoms with E-state index >= 15 is 0 Å². The van der Waals surface area contributed by atoms with E-state index in [-0.39, 0.29) is 16.4 Å². The van der Waals surface area contributed by atoms with Crippen LogP contribution < -0.4 is 4.90 Å². The minimum absolute atomic E-state index is 0.0218. The summed E-state index contributed by atoms with van der Waals surface area (Å²) in [7, 11) is 0. The number of benzene rings is 2. The molecule has 1 aliphatic heterocycles. The SMILES string of the molecule is O=C1/C(=C/c2cc(F)ccc2F)SC(=S)N1c1ccccc1. The molecule has 1 amide bonds. The number of rotatable bonds is 2. The van der Waals surface area contributed by atoms with Gasteiger partial charge < -0.3 is 0 Å². The van der Waals surface area contributed by atoms with Crippen molar-refractivity contribution in [1.82, 2.24) is 0 Å². The Hall–Kier alpha value is -2.05. The van der Waals surface area contributed by atoms with Crippen molar-refractivity contribution in [2.75, 3.05) is 4.90 Å². The molecule has 1 aliphatic rings. The number of para-hydroxylation sites is 1. The number of nitrogens with zero attached hydrogens (tertiary/aromatic N) is 1. The molecule has 0 radical (unpaired) electrons. The highest BCUT2D eigenvalue weighted by atomic mass is 32.2. The summed E-state index contributed by atoms with van der Waals surface area (Å²) in [6.07, 6.45) is 1.32. The van der Waals surface area contributed by atoms with Gasteiger partial charge in [0.05, 0.1) is 10.6 Å². The van der Waals surface area contributed by atoms with Crippen molar-refractivity contribution in [2.45, 2.75) is 0 Å². The molecule has 0 aliphatic carbocycles. The van der Waals surface area contributed by atoms with Crippen molar-refractivity contribution in [2.24, 2.45) is 0 Å². The minimum atomic E-state index is -0.591. The molecule has 0 spiro atoms. The zero-order valence-corrected chi connectivity index (χ0v) is 12.8. The van der Waals surface area contributed by atoms with E-state index in [1.54, 1.807) is 24.3 Å². The summed E-state index contributed by atoms with van der Waals surface area (Å²) in [6.45, 7) is 0. The molecule has 1 saturated heterocycles. The van der Waals surface area contributed by atoms with Gasteiger partial charge >= 0.3 is 0 Å². The Morgan fingerprint density at radius 2 is 1.82 bits per heavy atom. The van der Waals surface area contributed by atoms with E-state index in [2.05, 4.69) is 0 Å². The normalized spacial score (nSPS) is 16.6. The van der Waals surface area contributed by atoms with Gasteiger partial charge in [-0.2, -0.15) is 0 Å². The molecule has 1 fully saturated rings. The van der Waals surface area contributed by atoms with Gasteiger partial charge in [-0.05, 0) is 36.4 Å². The van der Waals surface area contributed by atoms with E-state index in [1.807, 2.05) is 6.07 Å². The number of anilines is 1. The topological polar surface area (TPSA) is 20.3 Å². The van der Waals surface area contributed by atoms with Crippen molar-refractivity contribution < 1.29 is 13.6 Å². The van der Waals surface area contributed by atoms with Crippen molar-refractivity contribution in [1.29, 1.82) is 0 Å². The summed E-state index contributed by atoms with van der Waals surface area (Å²) < 4.78 is 27.3. The van der Waals surface area contributed by atoms with E-state index in [1.165, 1.54) is 11.0 Å². The third-order valence-electron chi connectivity index (χ3n) is 3.05. The average molecular weight is 333 g/mol. The summed E-state index contributed by atoms with van der Waals surface area (Å²) in [6, 6.07) is 12.0. The molecule has 2 nitrogen and oxygen atoms in total. The fourth-order valence-electron chi connectivity index (χ4n) is 2.03. The van der Waals surface area contributed by atoms with Crippen LogP contribution in [0.25, 0.3) is 6.08 Å². The van der Waals surface area contributed by atoms with Crippen LogP contribution in [0.4, 0.5) is 14.5 Å². The molecular weight excluding hydrogens is 324 g/mol. The predicted octanol–water partition coefficient (Wildman–Crippen LogP) is 4.37. The van der Waals surface area contributed by atoms with Gasteiger partial charge in [0, 0.05) is 5.56 Å². The van der Waals surface area contributed by atoms with Crippen LogP contribution in [0.3, 0.4) is 0 Å². The number of hydrogen-bond donors (Lipinski definition) is 0. The summed E-state index contributed by atoms with van der Waals surface area (Å²) in [5.41, 5.74) is 0.668. The van der Waals surface area contributed by atoms with Gasteiger partial charge in [0.1, 0.15) is 11.6 Å². The third-order valence-corrected chi connectivity index (χ3v) is 4.35. The zero-order valence-electron chi connectivity index (χ0n) is 11.1. The molecule has 0 bridgehead atoms. The summed E-state index contributed by atoms with van der Waals surface area (Å²) in [4.78, 5) is 14.1. The van der Waals surface area contributed by atoms with Gasteiger partial charge in [-0.1, -0.05) is 42.2 Å². The molecule has 0 saturated carbocycles. The molecule has 6 heteroatoms. The lowest BCUT2D eigenvalue weighted by atomic mass is 10.2. The van der Waals surface area contributed by atoms with Gasteiger partial charge in [0.25, 0.3) is 5.91 Å². The van der Waals surface area contributed by atoms with Crippen LogP contribution in [0, 0.1) is 11.6 Å². The maximum Gasteiger partial charge on any atom is 0.270 e. The van der Waals surface area contributed by atoms with Gasteiger partial charge in [0.2, 0.25) is 0 Å². The number of carbonyl (C=O) groups excluding carboxylic acids is 1. The van der Waals surface area contributed by atoms with Gasteiger partial charge in [-0.15, -0.1) is 0 Å². The maximum atomic E-state index is 13.7.